The maximum atomic E-state index is 13.8. The second kappa shape index (κ2) is 8.76. The van der Waals surface area contributed by atoms with Crippen molar-refractivity contribution in [2.75, 3.05) is 13.7 Å². The van der Waals surface area contributed by atoms with Crippen molar-refractivity contribution in [3.05, 3.63) is 77.0 Å². The molecule has 6 nitrogen and oxygen atoms in total. The number of nitrogens with one attached hydrogen (secondary N) is 1. The lowest BCUT2D eigenvalue weighted by Crippen LogP contribution is -2.44. The number of hydrogen-bond acceptors (Lipinski definition) is 5. The minimum absolute atomic E-state index is 0.138. The molecule has 0 radical (unpaired) electrons. The maximum Gasteiger partial charge on any atom is 0.317 e. The van der Waals surface area contributed by atoms with Crippen LogP contribution in [0, 0.1) is 5.92 Å². The molecule has 0 unspecified atom stereocenters. The van der Waals surface area contributed by atoms with Crippen LogP contribution in [0.5, 0.6) is 5.75 Å². The summed E-state index contributed by atoms with van der Waals surface area (Å²) in [7, 11) is 1.57. The zero-order valence-corrected chi connectivity index (χ0v) is 17.6. The van der Waals surface area contributed by atoms with E-state index >= 15 is 0 Å². The molecule has 160 valence electrons. The van der Waals surface area contributed by atoms with E-state index in [-0.39, 0.29) is 24.7 Å². The predicted molar refractivity (Wildman–Crippen MR) is 114 cm³/mol. The van der Waals surface area contributed by atoms with Crippen LogP contribution >= 0.6 is 0 Å². The Morgan fingerprint density at radius 1 is 1.03 bits per heavy atom. The zero-order chi connectivity index (χ0) is 22.0. The van der Waals surface area contributed by atoms with Crippen LogP contribution in [0.1, 0.15) is 42.7 Å². The minimum atomic E-state index is -0.941. The maximum absolute atomic E-state index is 13.8. The number of rotatable bonds is 5. The van der Waals surface area contributed by atoms with Gasteiger partial charge in [0.25, 0.3) is 0 Å². The van der Waals surface area contributed by atoms with Gasteiger partial charge in [-0.15, -0.1) is 0 Å². The molecule has 2 aromatic rings. The number of Topliss-reactive ketones (excluding diaryl/α,β-unsaturated/α-hetero) is 1. The Bertz CT molecular complexity index is 1040. The van der Waals surface area contributed by atoms with Gasteiger partial charge in [-0.3, -0.25) is 14.4 Å². The van der Waals surface area contributed by atoms with E-state index in [2.05, 4.69) is 5.32 Å². The Hall–Kier alpha value is -3.41. The molecule has 0 aromatic heterocycles. The fourth-order valence-corrected chi connectivity index (χ4v) is 4.61. The van der Waals surface area contributed by atoms with E-state index in [4.69, 9.17) is 9.47 Å². The second-order valence-electron chi connectivity index (χ2n) is 7.79. The highest BCUT2D eigenvalue weighted by Crippen LogP contribution is 2.46. The number of hydrogen-bond donors (Lipinski definition) is 1. The SMILES string of the molecule is CCOC(=O)[C@H]1C(=O)C2=C(C[C@H]1c1ccccc1)NC(=O)C[C@H]2c1cccc(OC)c1. The highest BCUT2D eigenvalue weighted by Gasteiger charge is 2.47. The summed E-state index contributed by atoms with van der Waals surface area (Å²) in [5.74, 6) is -2.05. The third-order valence-corrected chi connectivity index (χ3v) is 5.99. The van der Waals surface area contributed by atoms with Gasteiger partial charge in [-0.25, -0.2) is 0 Å². The van der Waals surface area contributed by atoms with Gasteiger partial charge in [-0.05, 0) is 36.6 Å². The number of methoxy groups -OCH3 is 1. The molecule has 0 bridgehead atoms. The Morgan fingerprint density at radius 3 is 2.48 bits per heavy atom. The molecule has 2 aliphatic rings. The van der Waals surface area contributed by atoms with Gasteiger partial charge in [0.1, 0.15) is 11.7 Å². The lowest BCUT2D eigenvalue weighted by molar-refractivity contribution is -0.152. The molecule has 1 aliphatic carbocycles. The monoisotopic (exact) mass is 419 g/mol. The topological polar surface area (TPSA) is 81.7 Å². The van der Waals surface area contributed by atoms with E-state index in [1.54, 1.807) is 14.0 Å². The lowest BCUT2D eigenvalue weighted by atomic mass is 9.68. The Kier molecular flexibility index (Phi) is 5.89. The largest absolute Gasteiger partial charge is 0.497 e. The molecule has 1 heterocycles. The summed E-state index contributed by atoms with van der Waals surface area (Å²) in [6.07, 6.45) is 0.532. The van der Waals surface area contributed by atoms with Gasteiger partial charge in [-0.2, -0.15) is 0 Å². The van der Waals surface area contributed by atoms with Gasteiger partial charge in [-0.1, -0.05) is 42.5 Å². The van der Waals surface area contributed by atoms with Crippen molar-refractivity contribution in [2.24, 2.45) is 5.92 Å². The third kappa shape index (κ3) is 3.98. The van der Waals surface area contributed by atoms with Gasteiger partial charge in [0.15, 0.2) is 5.78 Å². The average Bonchev–Trinajstić information content (AvgIpc) is 2.79. The molecule has 3 atom stereocenters. The smallest absolute Gasteiger partial charge is 0.317 e. The quantitative estimate of drug-likeness (QED) is 0.593. The molecule has 1 aliphatic heterocycles. The average molecular weight is 419 g/mol. The first-order valence-electron chi connectivity index (χ1n) is 10.5. The molecule has 31 heavy (non-hydrogen) atoms. The molecule has 0 fully saturated rings. The van der Waals surface area contributed by atoms with Crippen molar-refractivity contribution in [1.29, 1.82) is 0 Å². The van der Waals surface area contributed by atoms with Crippen LogP contribution in [0.2, 0.25) is 0 Å². The highest BCUT2D eigenvalue weighted by molar-refractivity contribution is 6.12. The number of allylic oxidation sites excluding steroid dienone is 2. The molecule has 0 saturated heterocycles. The predicted octanol–water partition coefficient (Wildman–Crippen LogP) is 3.49. The molecule has 1 N–H and O–H groups in total. The van der Waals surface area contributed by atoms with E-state index in [0.717, 1.165) is 11.1 Å². The number of carbonyl (C=O) groups excluding carboxylic acids is 3. The number of ether oxygens (including phenoxy) is 2. The third-order valence-electron chi connectivity index (χ3n) is 5.99. The van der Waals surface area contributed by atoms with Crippen LogP contribution in [-0.2, 0) is 19.1 Å². The van der Waals surface area contributed by atoms with Crippen LogP contribution in [0.15, 0.2) is 65.9 Å². The molecular formula is C25H25NO5. The number of ketones is 1. The van der Waals surface area contributed by atoms with E-state index in [0.29, 0.717) is 23.4 Å². The molecule has 1 amide bonds. The fourth-order valence-electron chi connectivity index (χ4n) is 4.61. The van der Waals surface area contributed by atoms with Crippen LogP contribution in [0.4, 0.5) is 0 Å². The van der Waals surface area contributed by atoms with Crippen LogP contribution in [-0.4, -0.2) is 31.4 Å². The summed E-state index contributed by atoms with van der Waals surface area (Å²) in [6, 6.07) is 16.8. The minimum Gasteiger partial charge on any atom is -0.497 e. The zero-order valence-electron chi connectivity index (χ0n) is 17.6. The first-order valence-corrected chi connectivity index (χ1v) is 10.5. The Morgan fingerprint density at radius 2 is 1.77 bits per heavy atom. The summed E-state index contributed by atoms with van der Waals surface area (Å²) < 4.78 is 10.6. The van der Waals surface area contributed by atoms with Crippen LogP contribution in [0.3, 0.4) is 0 Å². The van der Waals surface area contributed by atoms with E-state index in [1.807, 2.05) is 54.6 Å². The van der Waals surface area contributed by atoms with Crippen molar-refractivity contribution < 1.29 is 23.9 Å². The highest BCUT2D eigenvalue weighted by atomic mass is 16.5. The van der Waals surface area contributed by atoms with E-state index in [1.165, 1.54) is 0 Å². The van der Waals surface area contributed by atoms with E-state index in [9.17, 15) is 14.4 Å². The van der Waals surface area contributed by atoms with Crippen molar-refractivity contribution in [2.45, 2.75) is 31.6 Å². The van der Waals surface area contributed by atoms with Gasteiger partial charge < -0.3 is 14.8 Å². The van der Waals surface area contributed by atoms with Crippen molar-refractivity contribution >= 4 is 17.7 Å². The summed E-state index contributed by atoms with van der Waals surface area (Å²) in [6.45, 7) is 1.93. The van der Waals surface area contributed by atoms with Crippen LogP contribution < -0.4 is 10.1 Å². The number of carbonyl (C=O) groups is 3. The number of amides is 1. The lowest BCUT2D eigenvalue weighted by Gasteiger charge is -2.38. The van der Waals surface area contributed by atoms with Gasteiger partial charge in [0, 0.05) is 29.5 Å². The molecule has 0 spiro atoms. The normalized spacial score (nSPS) is 23.1. The van der Waals surface area contributed by atoms with Gasteiger partial charge in [0.2, 0.25) is 5.91 Å². The molecule has 0 saturated carbocycles. The Labute approximate surface area is 181 Å². The fraction of sp³-hybridized carbons (Fsp3) is 0.320. The summed E-state index contributed by atoms with van der Waals surface area (Å²) in [5, 5.41) is 2.90. The Balaban J connectivity index is 1.82. The van der Waals surface area contributed by atoms with Crippen LogP contribution in [0.25, 0.3) is 0 Å². The molecule has 2 aromatic carbocycles. The van der Waals surface area contributed by atoms with Gasteiger partial charge in [0.05, 0.1) is 13.7 Å². The summed E-state index contributed by atoms with van der Waals surface area (Å²) in [4.78, 5) is 39.2. The number of benzene rings is 2. The van der Waals surface area contributed by atoms with E-state index < -0.39 is 23.7 Å². The summed E-state index contributed by atoms with van der Waals surface area (Å²) in [5.41, 5.74) is 2.79. The summed E-state index contributed by atoms with van der Waals surface area (Å²) >= 11 is 0. The van der Waals surface area contributed by atoms with Crippen molar-refractivity contribution in [1.82, 2.24) is 5.32 Å². The van der Waals surface area contributed by atoms with Gasteiger partial charge >= 0.3 is 5.97 Å². The first-order chi connectivity index (χ1) is 15.0. The van der Waals surface area contributed by atoms with Crippen molar-refractivity contribution in [3.63, 3.8) is 0 Å². The molecule has 4 rings (SSSR count). The molecule has 6 heteroatoms. The first kappa shape index (κ1) is 20.8. The number of esters is 1. The standard InChI is InChI=1S/C25H25NO5/c1-3-31-25(29)23-18(15-8-5-4-6-9-15)13-20-22(24(23)28)19(14-21(27)26-20)16-10-7-11-17(12-16)30-2/h4-12,18-19,23H,3,13-14H2,1-2H3,(H,26,27)/t18-,19-,23+/m0/s1. The second-order valence-corrected chi connectivity index (χ2v) is 7.79. The molecular weight excluding hydrogens is 394 g/mol. The van der Waals surface area contributed by atoms with Crippen molar-refractivity contribution in [3.8, 4) is 5.75 Å².